The Morgan fingerprint density at radius 3 is 2.36 bits per heavy atom. The molecule has 28 heavy (non-hydrogen) atoms. The molecular weight excluding hydrogens is 352 g/mol. The smallest absolute Gasteiger partial charge is 0.280 e. The first-order valence-corrected chi connectivity index (χ1v) is 8.95. The minimum atomic E-state index is -0.676. The predicted octanol–water partition coefficient (Wildman–Crippen LogP) is 4.28. The molecule has 142 valence electrons. The van der Waals surface area contributed by atoms with Crippen LogP contribution in [0.15, 0.2) is 84.0 Å². The van der Waals surface area contributed by atoms with Crippen LogP contribution in [0.5, 0.6) is 11.5 Å². The summed E-state index contributed by atoms with van der Waals surface area (Å²) in [5.74, 6) is 1.02. The highest BCUT2D eigenvalue weighted by Gasteiger charge is 2.13. The molecule has 1 atom stereocenters. The molecule has 0 spiro atoms. The Hall–Kier alpha value is -3.60. The van der Waals surface area contributed by atoms with Crippen LogP contribution >= 0.6 is 0 Å². The zero-order valence-corrected chi connectivity index (χ0v) is 15.8. The second-order valence-corrected chi connectivity index (χ2v) is 6.16. The number of nitrogens with one attached hydrogen (secondary N) is 1. The van der Waals surface area contributed by atoms with Crippen molar-refractivity contribution in [1.29, 1.82) is 0 Å². The third-order valence-corrected chi connectivity index (χ3v) is 4.13. The van der Waals surface area contributed by atoms with Crippen LogP contribution in [-0.2, 0) is 4.79 Å². The monoisotopic (exact) mass is 374 g/mol. The fourth-order valence-corrected chi connectivity index (χ4v) is 2.60. The van der Waals surface area contributed by atoms with Gasteiger partial charge in [-0.05, 0) is 47.9 Å². The zero-order valence-electron chi connectivity index (χ0n) is 15.8. The van der Waals surface area contributed by atoms with Crippen LogP contribution in [0.4, 0.5) is 0 Å². The molecule has 3 aromatic carbocycles. The van der Waals surface area contributed by atoms with Crippen molar-refractivity contribution in [3.05, 3.63) is 84.4 Å². The van der Waals surface area contributed by atoms with E-state index >= 15 is 0 Å². The number of rotatable bonds is 7. The zero-order chi connectivity index (χ0) is 19.8. The quantitative estimate of drug-likeness (QED) is 0.496. The van der Waals surface area contributed by atoms with Crippen LogP contribution in [0.1, 0.15) is 12.5 Å². The number of benzene rings is 3. The molecule has 5 heteroatoms. The Labute approximate surface area is 164 Å². The van der Waals surface area contributed by atoms with E-state index in [1.54, 1.807) is 20.2 Å². The largest absolute Gasteiger partial charge is 0.497 e. The molecule has 0 aliphatic rings. The lowest BCUT2D eigenvalue weighted by Crippen LogP contribution is -2.33. The molecule has 0 aliphatic heterocycles. The van der Waals surface area contributed by atoms with Gasteiger partial charge in [-0.2, -0.15) is 5.10 Å². The van der Waals surface area contributed by atoms with Crippen LogP contribution in [0, 0.1) is 0 Å². The number of carbonyl (C=O) groups is 1. The molecule has 3 rings (SSSR count). The first-order valence-electron chi connectivity index (χ1n) is 8.95. The third-order valence-electron chi connectivity index (χ3n) is 4.13. The summed E-state index contributed by atoms with van der Waals surface area (Å²) in [6.07, 6.45) is 0.881. The van der Waals surface area contributed by atoms with E-state index in [1.807, 2.05) is 78.9 Å². The van der Waals surface area contributed by atoms with Crippen molar-refractivity contribution >= 4 is 12.1 Å². The van der Waals surface area contributed by atoms with Gasteiger partial charge in [-0.15, -0.1) is 0 Å². The average Bonchev–Trinajstić information content (AvgIpc) is 2.75. The van der Waals surface area contributed by atoms with Crippen molar-refractivity contribution in [3.8, 4) is 22.6 Å². The lowest BCUT2D eigenvalue weighted by atomic mass is 10.1. The molecule has 0 heterocycles. The van der Waals surface area contributed by atoms with E-state index in [1.165, 1.54) is 0 Å². The molecule has 0 saturated heterocycles. The summed E-state index contributed by atoms with van der Waals surface area (Å²) in [7, 11) is 1.60. The number of hydrogen-bond donors (Lipinski definition) is 1. The third kappa shape index (κ3) is 5.20. The highest BCUT2D eigenvalue weighted by Crippen LogP contribution is 2.22. The topological polar surface area (TPSA) is 59.9 Å². The molecule has 1 amide bonds. The number of amides is 1. The summed E-state index contributed by atoms with van der Waals surface area (Å²) >= 11 is 0. The van der Waals surface area contributed by atoms with Gasteiger partial charge in [0.1, 0.15) is 11.5 Å². The number of carbonyl (C=O) groups excluding carboxylic acids is 1. The maximum absolute atomic E-state index is 12.2. The van der Waals surface area contributed by atoms with Crippen molar-refractivity contribution in [2.24, 2.45) is 5.10 Å². The van der Waals surface area contributed by atoms with E-state index < -0.39 is 6.10 Å². The maximum atomic E-state index is 12.2. The van der Waals surface area contributed by atoms with Crippen LogP contribution in [-0.4, -0.2) is 25.3 Å². The molecule has 5 nitrogen and oxygen atoms in total. The summed E-state index contributed by atoms with van der Waals surface area (Å²) in [5.41, 5.74) is 5.54. The van der Waals surface area contributed by atoms with Crippen LogP contribution < -0.4 is 14.9 Å². The first kappa shape index (κ1) is 19.2. The highest BCUT2D eigenvalue weighted by molar-refractivity contribution is 5.84. The van der Waals surface area contributed by atoms with Crippen molar-refractivity contribution in [3.63, 3.8) is 0 Å². The van der Waals surface area contributed by atoms with Gasteiger partial charge in [0.05, 0.1) is 13.3 Å². The van der Waals surface area contributed by atoms with Gasteiger partial charge in [0, 0.05) is 0 Å². The molecule has 0 aromatic heterocycles. The summed E-state index contributed by atoms with van der Waals surface area (Å²) in [6, 6.07) is 25.1. The Kier molecular flexibility index (Phi) is 6.41. The Bertz CT molecular complexity index is 938. The molecular formula is C23H22N2O3. The van der Waals surface area contributed by atoms with E-state index in [9.17, 15) is 4.79 Å². The SMILES string of the molecule is COc1cccc(C=NNC(=O)C(C)Oc2ccc(-c3ccccc3)cc2)c1. The number of hydrogen-bond acceptors (Lipinski definition) is 4. The standard InChI is InChI=1S/C23H22N2O3/c1-17(23(26)25-24-16-18-7-6-10-22(15-18)27-2)28-21-13-11-20(12-14-21)19-8-4-3-5-9-19/h3-17H,1-2H3,(H,25,26). The predicted molar refractivity (Wildman–Crippen MR) is 111 cm³/mol. The number of nitrogens with zero attached hydrogens (tertiary/aromatic N) is 1. The van der Waals surface area contributed by atoms with Crippen molar-refractivity contribution in [2.75, 3.05) is 7.11 Å². The van der Waals surface area contributed by atoms with Gasteiger partial charge < -0.3 is 9.47 Å². The van der Waals surface area contributed by atoms with E-state index in [-0.39, 0.29) is 5.91 Å². The summed E-state index contributed by atoms with van der Waals surface area (Å²) in [5, 5.41) is 3.97. The molecule has 0 radical (unpaired) electrons. The Morgan fingerprint density at radius 2 is 1.64 bits per heavy atom. The minimum Gasteiger partial charge on any atom is -0.497 e. The number of methoxy groups -OCH3 is 1. The minimum absolute atomic E-state index is 0.328. The van der Waals surface area contributed by atoms with E-state index in [2.05, 4.69) is 10.5 Å². The molecule has 0 fully saturated rings. The Balaban J connectivity index is 1.54. The number of hydrazone groups is 1. The highest BCUT2D eigenvalue weighted by atomic mass is 16.5. The van der Waals surface area contributed by atoms with Gasteiger partial charge >= 0.3 is 0 Å². The fourth-order valence-electron chi connectivity index (χ4n) is 2.60. The normalized spacial score (nSPS) is 11.8. The molecule has 3 aromatic rings. The van der Waals surface area contributed by atoms with Gasteiger partial charge in [0.2, 0.25) is 0 Å². The average molecular weight is 374 g/mol. The van der Waals surface area contributed by atoms with Gasteiger partial charge in [0.15, 0.2) is 6.10 Å². The van der Waals surface area contributed by atoms with E-state index in [4.69, 9.17) is 9.47 Å². The van der Waals surface area contributed by atoms with Crippen LogP contribution in [0.25, 0.3) is 11.1 Å². The Morgan fingerprint density at radius 1 is 0.929 bits per heavy atom. The second-order valence-electron chi connectivity index (χ2n) is 6.16. The van der Waals surface area contributed by atoms with E-state index in [0.29, 0.717) is 5.75 Å². The van der Waals surface area contributed by atoms with Gasteiger partial charge in [0.25, 0.3) is 5.91 Å². The lowest BCUT2D eigenvalue weighted by molar-refractivity contribution is -0.127. The number of ether oxygens (including phenoxy) is 2. The van der Waals surface area contributed by atoms with Crippen LogP contribution in [0.3, 0.4) is 0 Å². The summed E-state index contributed by atoms with van der Waals surface area (Å²) in [4.78, 5) is 12.2. The molecule has 0 bridgehead atoms. The van der Waals surface area contributed by atoms with Crippen molar-refractivity contribution in [2.45, 2.75) is 13.0 Å². The van der Waals surface area contributed by atoms with Gasteiger partial charge in [-0.1, -0.05) is 54.6 Å². The summed E-state index contributed by atoms with van der Waals surface area (Å²) in [6.45, 7) is 1.68. The summed E-state index contributed by atoms with van der Waals surface area (Å²) < 4.78 is 10.9. The molecule has 0 saturated carbocycles. The molecule has 1 N–H and O–H groups in total. The maximum Gasteiger partial charge on any atom is 0.280 e. The fraction of sp³-hybridized carbons (Fsp3) is 0.130. The van der Waals surface area contributed by atoms with Gasteiger partial charge in [-0.3, -0.25) is 4.79 Å². The van der Waals surface area contributed by atoms with Gasteiger partial charge in [-0.25, -0.2) is 5.43 Å². The van der Waals surface area contributed by atoms with Crippen molar-refractivity contribution < 1.29 is 14.3 Å². The second kappa shape index (κ2) is 9.37. The van der Waals surface area contributed by atoms with Crippen LogP contribution in [0.2, 0.25) is 0 Å². The molecule has 0 aliphatic carbocycles. The lowest BCUT2D eigenvalue weighted by Gasteiger charge is -2.13. The molecule has 1 unspecified atom stereocenters. The van der Waals surface area contributed by atoms with Crippen molar-refractivity contribution in [1.82, 2.24) is 5.43 Å². The first-order chi connectivity index (χ1) is 13.7. The van der Waals surface area contributed by atoms with E-state index in [0.717, 1.165) is 22.4 Å².